The number of rotatable bonds is 8. The van der Waals surface area contributed by atoms with E-state index in [-0.39, 0.29) is 11.9 Å². The van der Waals surface area contributed by atoms with Gasteiger partial charge in [-0.05, 0) is 42.7 Å². The van der Waals surface area contributed by atoms with Gasteiger partial charge in [-0.3, -0.25) is 0 Å². The van der Waals surface area contributed by atoms with Crippen molar-refractivity contribution in [1.82, 2.24) is 19.9 Å². The van der Waals surface area contributed by atoms with Crippen molar-refractivity contribution in [3.8, 4) is 11.1 Å². The minimum absolute atomic E-state index is 0.178. The zero-order valence-corrected chi connectivity index (χ0v) is 17.3. The van der Waals surface area contributed by atoms with Crippen LogP contribution in [0.25, 0.3) is 11.1 Å². The maximum absolute atomic E-state index is 12.9. The van der Waals surface area contributed by atoms with Gasteiger partial charge in [0.2, 0.25) is 11.9 Å². The summed E-state index contributed by atoms with van der Waals surface area (Å²) < 4.78 is 38.7. The van der Waals surface area contributed by atoms with Gasteiger partial charge in [0.05, 0.1) is 0 Å². The monoisotopic (exact) mass is 446 g/mol. The second-order valence-corrected chi connectivity index (χ2v) is 7.10. The van der Waals surface area contributed by atoms with Crippen LogP contribution in [0.15, 0.2) is 42.9 Å². The van der Waals surface area contributed by atoms with Crippen LogP contribution in [0, 0.1) is 6.92 Å². The van der Waals surface area contributed by atoms with E-state index in [1.54, 1.807) is 24.5 Å². The number of halogens is 3. The Balaban J connectivity index is 1.81. The summed E-state index contributed by atoms with van der Waals surface area (Å²) in [5.74, 6) is -0.966. The van der Waals surface area contributed by atoms with Crippen molar-refractivity contribution in [1.29, 1.82) is 0 Å². The van der Waals surface area contributed by atoms with Crippen LogP contribution in [0.3, 0.4) is 0 Å². The first-order chi connectivity index (χ1) is 15.2. The first-order valence-electron chi connectivity index (χ1n) is 9.76. The van der Waals surface area contributed by atoms with Gasteiger partial charge < -0.3 is 15.7 Å². The summed E-state index contributed by atoms with van der Waals surface area (Å²) in [5.41, 5.74) is 1.66. The topological polar surface area (TPSA) is 113 Å². The predicted molar refractivity (Wildman–Crippen MR) is 112 cm³/mol. The van der Waals surface area contributed by atoms with Gasteiger partial charge in [-0.15, -0.1) is 0 Å². The Morgan fingerprint density at radius 2 is 1.81 bits per heavy atom. The highest BCUT2D eigenvalue weighted by atomic mass is 19.4. The summed E-state index contributed by atoms with van der Waals surface area (Å²) in [7, 11) is 0. The van der Waals surface area contributed by atoms with Gasteiger partial charge in [-0.25, -0.2) is 24.7 Å². The van der Waals surface area contributed by atoms with Crippen LogP contribution in [-0.4, -0.2) is 37.1 Å². The normalized spacial score (nSPS) is 12.3. The number of aryl methyl sites for hydroxylation is 1. The second-order valence-electron chi connectivity index (χ2n) is 7.10. The molecule has 3 N–H and O–H groups in total. The fraction of sp³-hybridized carbons (Fsp3) is 0.286. The van der Waals surface area contributed by atoms with Crippen molar-refractivity contribution in [2.24, 2.45) is 0 Å². The summed E-state index contributed by atoms with van der Waals surface area (Å²) in [6, 6.07) is 5.33. The molecule has 11 heteroatoms. The van der Waals surface area contributed by atoms with Gasteiger partial charge in [0.15, 0.2) is 0 Å². The van der Waals surface area contributed by atoms with E-state index < -0.39 is 23.9 Å². The Bertz CT molecular complexity index is 1090. The van der Waals surface area contributed by atoms with Crippen molar-refractivity contribution in [3.63, 3.8) is 0 Å². The molecule has 168 valence electrons. The maximum Gasteiger partial charge on any atom is 0.433 e. The lowest BCUT2D eigenvalue weighted by Crippen LogP contribution is -2.29. The number of anilines is 3. The molecular formula is C21H21F3N6O2. The average molecular weight is 446 g/mol. The minimum Gasteiger partial charge on any atom is -0.480 e. The number of aromatic nitrogens is 4. The molecule has 0 amide bonds. The number of nitrogens with zero attached hydrogens (tertiary/aromatic N) is 4. The number of alkyl halides is 3. The molecule has 8 nitrogen and oxygen atoms in total. The number of carboxylic acid groups (broad SMARTS) is 1. The van der Waals surface area contributed by atoms with Gasteiger partial charge in [0.25, 0.3) is 0 Å². The highest BCUT2D eigenvalue weighted by Crippen LogP contribution is 2.29. The number of hydrogen-bond acceptors (Lipinski definition) is 7. The van der Waals surface area contributed by atoms with Crippen LogP contribution < -0.4 is 10.6 Å². The fourth-order valence-electron chi connectivity index (χ4n) is 2.98. The lowest BCUT2D eigenvalue weighted by molar-refractivity contribution is -0.141. The van der Waals surface area contributed by atoms with E-state index in [4.69, 9.17) is 0 Å². The summed E-state index contributed by atoms with van der Waals surface area (Å²) >= 11 is 0. The van der Waals surface area contributed by atoms with E-state index in [2.05, 4.69) is 30.6 Å². The lowest BCUT2D eigenvalue weighted by Gasteiger charge is -2.14. The van der Waals surface area contributed by atoms with Gasteiger partial charge >= 0.3 is 12.1 Å². The minimum atomic E-state index is -4.57. The maximum atomic E-state index is 12.9. The van der Waals surface area contributed by atoms with Crippen molar-refractivity contribution in [2.45, 2.75) is 38.9 Å². The molecule has 0 aliphatic carbocycles. The number of carbonyl (C=O) groups is 1. The average Bonchev–Trinajstić information content (AvgIpc) is 2.73. The molecule has 0 aliphatic rings. The van der Waals surface area contributed by atoms with E-state index in [0.717, 1.165) is 23.4 Å². The van der Waals surface area contributed by atoms with Crippen LogP contribution in [0.5, 0.6) is 0 Å². The standard InChI is InChI=1S/C21H21F3N6O2/c1-3-4-16(18(31)32)29-19-26-10-14(11-27-19)13-7-12(2)8-15(9-13)28-20-25-6-5-17(30-20)21(22,23)24/h5-11,16H,3-4H2,1-2H3,(H,31,32)(H,25,28,30)(H,26,27,29). The number of carboxylic acids is 1. The lowest BCUT2D eigenvalue weighted by atomic mass is 10.1. The molecule has 0 fully saturated rings. The van der Waals surface area contributed by atoms with E-state index in [0.29, 0.717) is 24.1 Å². The number of nitrogens with one attached hydrogen (secondary N) is 2. The van der Waals surface area contributed by atoms with Crippen molar-refractivity contribution < 1.29 is 23.1 Å². The molecule has 3 rings (SSSR count). The fourth-order valence-corrected chi connectivity index (χ4v) is 2.98. The molecule has 2 heterocycles. The Labute approximate surface area is 182 Å². The zero-order valence-electron chi connectivity index (χ0n) is 17.3. The highest BCUT2D eigenvalue weighted by Gasteiger charge is 2.32. The predicted octanol–water partition coefficient (Wildman–Crippen LogP) is 4.67. The number of hydrogen-bond donors (Lipinski definition) is 3. The Hall–Kier alpha value is -3.76. The molecule has 0 saturated carbocycles. The van der Waals surface area contributed by atoms with Crippen LogP contribution in [-0.2, 0) is 11.0 Å². The smallest absolute Gasteiger partial charge is 0.433 e. The number of aliphatic carboxylic acids is 1. The second kappa shape index (κ2) is 9.58. The van der Waals surface area contributed by atoms with Crippen LogP contribution in [0.2, 0.25) is 0 Å². The van der Waals surface area contributed by atoms with Crippen LogP contribution in [0.4, 0.5) is 30.8 Å². The van der Waals surface area contributed by atoms with E-state index in [1.807, 2.05) is 19.9 Å². The molecule has 3 aromatic rings. The highest BCUT2D eigenvalue weighted by molar-refractivity contribution is 5.76. The molecule has 0 spiro atoms. The quantitative estimate of drug-likeness (QED) is 0.458. The summed E-state index contributed by atoms with van der Waals surface area (Å²) in [6.07, 6.45) is 0.680. The van der Waals surface area contributed by atoms with Gasteiger partial charge in [0, 0.05) is 29.8 Å². The van der Waals surface area contributed by atoms with Gasteiger partial charge in [-0.1, -0.05) is 19.4 Å². The molecule has 32 heavy (non-hydrogen) atoms. The Morgan fingerprint density at radius 1 is 1.09 bits per heavy atom. The van der Waals surface area contributed by atoms with Crippen molar-refractivity contribution in [3.05, 3.63) is 54.1 Å². The SMILES string of the molecule is CCCC(Nc1ncc(-c2cc(C)cc(Nc3nccc(C(F)(F)F)n3)c2)cn1)C(=O)O. The molecule has 1 aromatic carbocycles. The molecule has 1 atom stereocenters. The molecule has 0 bridgehead atoms. The third-order valence-electron chi connectivity index (χ3n) is 4.44. The van der Waals surface area contributed by atoms with E-state index in [9.17, 15) is 23.1 Å². The Kier molecular flexibility index (Phi) is 6.86. The third kappa shape index (κ3) is 5.90. The summed E-state index contributed by atoms with van der Waals surface area (Å²) in [5, 5.41) is 14.8. The van der Waals surface area contributed by atoms with Crippen LogP contribution >= 0.6 is 0 Å². The van der Waals surface area contributed by atoms with E-state index in [1.165, 1.54) is 0 Å². The Morgan fingerprint density at radius 3 is 2.44 bits per heavy atom. The first kappa shape index (κ1) is 22.9. The molecule has 1 unspecified atom stereocenters. The molecule has 2 aromatic heterocycles. The first-order valence-corrected chi connectivity index (χ1v) is 9.76. The van der Waals surface area contributed by atoms with Crippen molar-refractivity contribution in [2.75, 3.05) is 10.6 Å². The molecule has 0 saturated heterocycles. The van der Waals surface area contributed by atoms with Crippen LogP contribution in [0.1, 0.15) is 31.0 Å². The molecule has 0 aliphatic heterocycles. The summed E-state index contributed by atoms with van der Waals surface area (Å²) in [6.45, 7) is 3.72. The van der Waals surface area contributed by atoms with E-state index >= 15 is 0 Å². The largest absolute Gasteiger partial charge is 0.480 e. The third-order valence-corrected chi connectivity index (χ3v) is 4.44. The molecular weight excluding hydrogens is 425 g/mol. The van der Waals surface area contributed by atoms with Gasteiger partial charge in [-0.2, -0.15) is 13.2 Å². The zero-order chi connectivity index (χ0) is 23.3. The van der Waals surface area contributed by atoms with Crippen molar-refractivity contribution >= 4 is 23.6 Å². The van der Waals surface area contributed by atoms with Gasteiger partial charge in [0.1, 0.15) is 11.7 Å². The number of benzene rings is 1. The molecule has 0 radical (unpaired) electrons. The summed E-state index contributed by atoms with van der Waals surface area (Å²) in [4.78, 5) is 27.0.